The number of pyridine rings is 1. The summed E-state index contributed by atoms with van der Waals surface area (Å²) in [4.78, 5) is 16.4. The smallest absolute Gasteiger partial charge is 0.319 e. The number of nitrogens with one attached hydrogen (secondary N) is 2. The Labute approximate surface area is 168 Å². The maximum Gasteiger partial charge on any atom is 0.319 e. The Bertz CT molecular complexity index is 971. The third-order valence-electron chi connectivity index (χ3n) is 4.14. The van der Waals surface area contributed by atoms with Crippen molar-refractivity contribution in [3.63, 3.8) is 0 Å². The maximum absolute atomic E-state index is 12.4. The van der Waals surface area contributed by atoms with Gasteiger partial charge in [-0.2, -0.15) is 5.10 Å². The minimum atomic E-state index is -0.323. The molecule has 3 rings (SSSR count). The number of urea groups is 1. The van der Waals surface area contributed by atoms with Gasteiger partial charge in [-0.25, -0.2) is 14.5 Å². The molecule has 0 spiro atoms. The average molecular weight is 400 g/mol. The predicted molar refractivity (Wildman–Crippen MR) is 109 cm³/mol. The zero-order valence-corrected chi connectivity index (χ0v) is 16.7. The quantitative estimate of drug-likeness (QED) is 0.644. The van der Waals surface area contributed by atoms with Crippen molar-refractivity contribution >= 4 is 23.3 Å². The SMILES string of the molecule is COc1cc(CNC(=O)Nc2cnn(-c3ccccc3Cl)c2C(C)C)ccn1. The Morgan fingerprint density at radius 3 is 2.79 bits per heavy atom. The molecule has 2 heterocycles. The molecule has 0 unspecified atom stereocenters. The molecule has 0 aliphatic carbocycles. The van der Waals surface area contributed by atoms with E-state index in [-0.39, 0.29) is 11.9 Å². The monoisotopic (exact) mass is 399 g/mol. The molecule has 0 bridgehead atoms. The van der Waals surface area contributed by atoms with Crippen LogP contribution in [0.15, 0.2) is 48.8 Å². The number of aromatic nitrogens is 3. The van der Waals surface area contributed by atoms with Gasteiger partial charge in [0.2, 0.25) is 5.88 Å². The van der Waals surface area contributed by atoms with Crippen molar-refractivity contribution in [2.45, 2.75) is 26.3 Å². The zero-order valence-electron chi connectivity index (χ0n) is 15.9. The van der Waals surface area contributed by atoms with Crippen LogP contribution < -0.4 is 15.4 Å². The van der Waals surface area contributed by atoms with Gasteiger partial charge in [0.05, 0.1) is 35.4 Å². The van der Waals surface area contributed by atoms with Crippen molar-refractivity contribution < 1.29 is 9.53 Å². The number of halogens is 1. The number of nitrogens with zero attached hydrogens (tertiary/aromatic N) is 3. The summed E-state index contributed by atoms with van der Waals surface area (Å²) in [6.07, 6.45) is 3.27. The lowest BCUT2D eigenvalue weighted by molar-refractivity contribution is 0.251. The van der Waals surface area contributed by atoms with Crippen molar-refractivity contribution in [1.82, 2.24) is 20.1 Å². The van der Waals surface area contributed by atoms with E-state index in [4.69, 9.17) is 16.3 Å². The molecular weight excluding hydrogens is 378 g/mol. The molecule has 2 aromatic heterocycles. The van der Waals surface area contributed by atoms with Crippen molar-refractivity contribution in [3.05, 3.63) is 65.1 Å². The molecule has 2 amide bonds. The van der Waals surface area contributed by atoms with Gasteiger partial charge in [-0.1, -0.05) is 37.6 Å². The number of amides is 2. The molecule has 0 aliphatic rings. The molecule has 0 radical (unpaired) electrons. The van der Waals surface area contributed by atoms with Crippen molar-refractivity contribution in [2.75, 3.05) is 12.4 Å². The minimum Gasteiger partial charge on any atom is -0.481 e. The molecule has 7 nitrogen and oxygen atoms in total. The van der Waals surface area contributed by atoms with E-state index in [1.165, 1.54) is 0 Å². The van der Waals surface area contributed by atoms with E-state index in [2.05, 4.69) is 20.7 Å². The molecular formula is C20H22ClN5O2. The van der Waals surface area contributed by atoms with Crippen molar-refractivity contribution in [3.8, 4) is 11.6 Å². The molecule has 146 valence electrons. The number of benzene rings is 1. The number of hydrogen-bond donors (Lipinski definition) is 2. The molecule has 0 aliphatic heterocycles. The van der Waals surface area contributed by atoms with Crippen LogP contribution in [-0.4, -0.2) is 27.9 Å². The molecule has 1 aromatic carbocycles. The van der Waals surface area contributed by atoms with E-state index in [9.17, 15) is 4.79 Å². The van der Waals surface area contributed by atoms with Gasteiger partial charge >= 0.3 is 6.03 Å². The lowest BCUT2D eigenvalue weighted by Crippen LogP contribution is -2.28. The molecule has 0 fully saturated rings. The van der Waals surface area contributed by atoms with E-state index in [1.54, 1.807) is 30.3 Å². The second kappa shape index (κ2) is 8.75. The highest BCUT2D eigenvalue weighted by Crippen LogP contribution is 2.29. The summed E-state index contributed by atoms with van der Waals surface area (Å²) in [5.41, 5.74) is 3.16. The van der Waals surface area contributed by atoms with E-state index >= 15 is 0 Å². The lowest BCUT2D eigenvalue weighted by atomic mass is 10.1. The summed E-state index contributed by atoms with van der Waals surface area (Å²) in [5.74, 6) is 0.626. The number of ether oxygens (including phenoxy) is 1. The molecule has 8 heteroatoms. The Balaban J connectivity index is 1.75. The second-order valence-corrected chi connectivity index (χ2v) is 6.88. The zero-order chi connectivity index (χ0) is 20.1. The third-order valence-corrected chi connectivity index (χ3v) is 4.46. The van der Waals surface area contributed by atoms with E-state index in [0.717, 1.165) is 16.9 Å². The van der Waals surface area contributed by atoms with Crippen molar-refractivity contribution in [1.29, 1.82) is 0 Å². The van der Waals surface area contributed by atoms with Crippen LogP contribution >= 0.6 is 11.6 Å². The van der Waals surface area contributed by atoms with Crippen LogP contribution in [-0.2, 0) is 6.54 Å². The van der Waals surface area contributed by atoms with E-state index in [0.29, 0.717) is 23.1 Å². The van der Waals surface area contributed by atoms with Gasteiger partial charge in [0.1, 0.15) is 0 Å². The second-order valence-electron chi connectivity index (χ2n) is 6.48. The predicted octanol–water partition coefficient (Wildman–Crippen LogP) is 4.37. The summed E-state index contributed by atoms with van der Waals surface area (Å²) in [6, 6.07) is 10.7. The first kappa shape index (κ1) is 19.7. The average Bonchev–Trinajstić information content (AvgIpc) is 3.10. The fourth-order valence-corrected chi connectivity index (χ4v) is 3.06. The first-order chi connectivity index (χ1) is 13.5. The fraction of sp³-hybridized carbons (Fsp3) is 0.250. The van der Waals surface area contributed by atoms with Gasteiger partial charge in [0.15, 0.2) is 0 Å². The standard InChI is InChI=1S/C20H22ClN5O2/c1-13(2)19-16(12-24-26(19)17-7-5-4-6-15(17)21)25-20(27)23-11-14-8-9-22-18(10-14)28-3/h4-10,12-13H,11H2,1-3H3,(H2,23,25,27). The first-order valence-corrected chi connectivity index (χ1v) is 9.24. The highest BCUT2D eigenvalue weighted by molar-refractivity contribution is 6.32. The van der Waals surface area contributed by atoms with Gasteiger partial charge in [-0.05, 0) is 29.7 Å². The summed E-state index contributed by atoms with van der Waals surface area (Å²) < 4.78 is 6.85. The molecule has 0 saturated heterocycles. The normalized spacial score (nSPS) is 10.8. The Hall–Kier alpha value is -3.06. The molecule has 0 atom stereocenters. The van der Waals surface area contributed by atoms with Crippen LogP contribution in [0.4, 0.5) is 10.5 Å². The number of rotatable bonds is 6. The minimum absolute atomic E-state index is 0.124. The van der Waals surface area contributed by atoms with Crippen LogP contribution in [0.1, 0.15) is 31.0 Å². The van der Waals surface area contributed by atoms with Crippen molar-refractivity contribution in [2.24, 2.45) is 0 Å². The first-order valence-electron chi connectivity index (χ1n) is 8.86. The van der Waals surface area contributed by atoms with Crippen LogP contribution in [0.5, 0.6) is 5.88 Å². The Kier molecular flexibility index (Phi) is 6.16. The molecule has 0 saturated carbocycles. The largest absolute Gasteiger partial charge is 0.481 e. The Morgan fingerprint density at radius 1 is 1.29 bits per heavy atom. The maximum atomic E-state index is 12.4. The fourth-order valence-electron chi connectivity index (χ4n) is 2.85. The molecule has 2 N–H and O–H groups in total. The number of anilines is 1. The number of carbonyl (C=O) groups excluding carboxylic acids is 1. The summed E-state index contributed by atoms with van der Waals surface area (Å²) in [5, 5.41) is 10.7. The topological polar surface area (TPSA) is 81.1 Å². The van der Waals surface area contributed by atoms with Crippen LogP contribution in [0, 0.1) is 0 Å². The summed E-state index contributed by atoms with van der Waals surface area (Å²) in [7, 11) is 1.55. The van der Waals surface area contributed by atoms with Gasteiger partial charge in [-0.15, -0.1) is 0 Å². The highest BCUT2D eigenvalue weighted by atomic mass is 35.5. The van der Waals surface area contributed by atoms with Crippen LogP contribution in [0.3, 0.4) is 0 Å². The van der Waals surface area contributed by atoms with Gasteiger partial charge in [0, 0.05) is 18.8 Å². The van der Waals surface area contributed by atoms with E-state index < -0.39 is 0 Å². The highest BCUT2D eigenvalue weighted by Gasteiger charge is 2.18. The van der Waals surface area contributed by atoms with Gasteiger partial charge < -0.3 is 15.4 Å². The number of methoxy groups -OCH3 is 1. The number of carbonyl (C=O) groups is 1. The number of hydrogen-bond acceptors (Lipinski definition) is 4. The van der Waals surface area contributed by atoms with Crippen LogP contribution in [0.25, 0.3) is 5.69 Å². The molecule has 3 aromatic rings. The third kappa shape index (κ3) is 4.43. The molecule has 28 heavy (non-hydrogen) atoms. The van der Waals surface area contributed by atoms with Crippen LogP contribution in [0.2, 0.25) is 5.02 Å². The summed E-state index contributed by atoms with van der Waals surface area (Å²) in [6.45, 7) is 4.42. The number of para-hydroxylation sites is 1. The van der Waals surface area contributed by atoms with Gasteiger partial charge in [-0.3, -0.25) is 0 Å². The summed E-state index contributed by atoms with van der Waals surface area (Å²) >= 11 is 6.32. The van der Waals surface area contributed by atoms with E-state index in [1.807, 2.05) is 44.2 Å². The van der Waals surface area contributed by atoms with Gasteiger partial charge in [0.25, 0.3) is 0 Å². The lowest BCUT2D eigenvalue weighted by Gasteiger charge is -2.14. The Morgan fingerprint density at radius 2 is 2.07 bits per heavy atom.